The van der Waals surface area contributed by atoms with Gasteiger partial charge in [-0.2, -0.15) is 5.10 Å². The van der Waals surface area contributed by atoms with Gasteiger partial charge in [-0.1, -0.05) is 36.4 Å². The minimum absolute atomic E-state index is 0.0970. The second kappa shape index (κ2) is 8.20. The molecule has 0 spiro atoms. The first-order valence-corrected chi connectivity index (χ1v) is 8.48. The molecule has 3 rings (SSSR count). The maximum Gasteiger partial charge on any atom is 0.267 e. The highest BCUT2D eigenvalue weighted by molar-refractivity contribution is 5.75. The van der Waals surface area contributed by atoms with E-state index in [1.807, 2.05) is 55.5 Å². The maximum atomic E-state index is 12.6. The molecule has 0 saturated carbocycles. The van der Waals surface area contributed by atoms with Crippen molar-refractivity contribution < 1.29 is 4.79 Å². The highest BCUT2D eigenvalue weighted by atomic mass is 16.2. The van der Waals surface area contributed by atoms with Gasteiger partial charge in [0.2, 0.25) is 5.91 Å². The number of pyridine rings is 1. The third-order valence-electron chi connectivity index (χ3n) is 4.03. The molecule has 0 saturated heterocycles. The Kier molecular flexibility index (Phi) is 5.53. The van der Waals surface area contributed by atoms with Gasteiger partial charge in [0.05, 0.1) is 17.9 Å². The molecule has 0 aliphatic carbocycles. The molecule has 26 heavy (non-hydrogen) atoms. The lowest BCUT2D eigenvalue weighted by atomic mass is 10.1. The molecule has 0 aliphatic heterocycles. The van der Waals surface area contributed by atoms with E-state index in [-0.39, 0.29) is 18.0 Å². The first-order valence-electron chi connectivity index (χ1n) is 8.48. The van der Waals surface area contributed by atoms with Crippen molar-refractivity contribution in [1.82, 2.24) is 19.7 Å². The Labute approximate surface area is 151 Å². The Bertz CT molecular complexity index is 923. The summed E-state index contributed by atoms with van der Waals surface area (Å²) < 4.78 is 1.21. The largest absolute Gasteiger partial charge is 0.335 e. The SMILES string of the molecule is CCN(Cc1ccccn1)C(=O)Cn1nc(-c2ccccc2)ccc1=O. The zero-order valence-electron chi connectivity index (χ0n) is 14.6. The quantitative estimate of drug-likeness (QED) is 0.686. The molecule has 6 heteroatoms. The summed E-state index contributed by atoms with van der Waals surface area (Å²) in [5.41, 5.74) is 2.06. The lowest BCUT2D eigenvalue weighted by Gasteiger charge is -2.20. The molecular formula is C20H20N4O2. The van der Waals surface area contributed by atoms with E-state index in [4.69, 9.17) is 0 Å². The van der Waals surface area contributed by atoms with E-state index >= 15 is 0 Å². The van der Waals surface area contributed by atoms with Gasteiger partial charge in [0, 0.05) is 24.4 Å². The van der Waals surface area contributed by atoms with E-state index in [1.54, 1.807) is 17.2 Å². The van der Waals surface area contributed by atoms with Gasteiger partial charge in [-0.3, -0.25) is 14.6 Å². The van der Waals surface area contributed by atoms with Crippen molar-refractivity contribution in [2.75, 3.05) is 6.54 Å². The minimum Gasteiger partial charge on any atom is -0.335 e. The van der Waals surface area contributed by atoms with Crippen molar-refractivity contribution in [2.24, 2.45) is 0 Å². The number of nitrogens with zero attached hydrogens (tertiary/aromatic N) is 4. The predicted octanol–water partition coefficient (Wildman–Crippen LogP) is 2.35. The lowest BCUT2D eigenvalue weighted by Crippen LogP contribution is -2.37. The average molecular weight is 348 g/mol. The van der Waals surface area contributed by atoms with Crippen molar-refractivity contribution in [3.8, 4) is 11.3 Å². The summed E-state index contributed by atoms with van der Waals surface area (Å²) in [4.78, 5) is 30.7. The predicted molar refractivity (Wildman–Crippen MR) is 99.3 cm³/mol. The molecule has 3 aromatic rings. The number of hydrogen-bond donors (Lipinski definition) is 0. The molecule has 0 atom stereocenters. The fourth-order valence-electron chi connectivity index (χ4n) is 2.62. The van der Waals surface area contributed by atoms with Crippen molar-refractivity contribution in [2.45, 2.75) is 20.0 Å². The monoisotopic (exact) mass is 348 g/mol. The van der Waals surface area contributed by atoms with Crippen molar-refractivity contribution >= 4 is 5.91 Å². The molecule has 1 aromatic carbocycles. The molecule has 1 amide bonds. The molecule has 0 N–H and O–H groups in total. The molecule has 0 fully saturated rings. The zero-order chi connectivity index (χ0) is 18.4. The van der Waals surface area contributed by atoms with Gasteiger partial charge in [0.25, 0.3) is 5.56 Å². The number of amides is 1. The lowest BCUT2D eigenvalue weighted by molar-refractivity contribution is -0.132. The van der Waals surface area contributed by atoms with Crippen molar-refractivity contribution in [1.29, 1.82) is 0 Å². The first-order chi connectivity index (χ1) is 12.7. The summed E-state index contributed by atoms with van der Waals surface area (Å²) in [6.45, 7) is 2.74. The van der Waals surface area contributed by atoms with Crippen LogP contribution in [0.1, 0.15) is 12.6 Å². The maximum absolute atomic E-state index is 12.6. The fraction of sp³-hybridized carbons (Fsp3) is 0.200. The van der Waals surface area contributed by atoms with Crippen LogP contribution in [0.5, 0.6) is 0 Å². The van der Waals surface area contributed by atoms with Gasteiger partial charge < -0.3 is 4.90 Å². The van der Waals surface area contributed by atoms with Crippen LogP contribution in [0.4, 0.5) is 0 Å². The molecule has 0 bridgehead atoms. The van der Waals surface area contributed by atoms with Crippen LogP contribution < -0.4 is 5.56 Å². The fourth-order valence-corrected chi connectivity index (χ4v) is 2.62. The average Bonchev–Trinajstić information content (AvgIpc) is 2.69. The molecule has 2 heterocycles. The van der Waals surface area contributed by atoms with Crippen LogP contribution in [0, 0.1) is 0 Å². The molecule has 132 valence electrons. The topological polar surface area (TPSA) is 68.1 Å². The van der Waals surface area contributed by atoms with Crippen LogP contribution in [0.15, 0.2) is 71.7 Å². The smallest absolute Gasteiger partial charge is 0.267 e. The number of carbonyl (C=O) groups is 1. The second-order valence-electron chi connectivity index (χ2n) is 5.81. The normalized spacial score (nSPS) is 10.5. The molecule has 0 unspecified atom stereocenters. The Morgan fingerprint density at radius 1 is 1.04 bits per heavy atom. The van der Waals surface area contributed by atoms with Crippen LogP contribution >= 0.6 is 0 Å². The van der Waals surface area contributed by atoms with E-state index < -0.39 is 0 Å². The van der Waals surface area contributed by atoms with E-state index in [9.17, 15) is 9.59 Å². The van der Waals surface area contributed by atoms with Crippen molar-refractivity contribution in [3.63, 3.8) is 0 Å². The third kappa shape index (κ3) is 4.22. The van der Waals surface area contributed by atoms with E-state index in [2.05, 4.69) is 10.1 Å². The molecule has 0 aliphatic rings. The summed E-state index contributed by atoms with van der Waals surface area (Å²) in [5.74, 6) is -0.169. The second-order valence-corrected chi connectivity index (χ2v) is 5.81. The standard InChI is InChI=1S/C20H20N4O2/c1-2-23(14-17-10-6-7-13-21-17)20(26)15-24-19(25)12-11-18(22-24)16-8-4-3-5-9-16/h3-13H,2,14-15H2,1H3. The molecule has 2 aromatic heterocycles. The number of likely N-dealkylation sites (N-methyl/N-ethyl adjacent to an activating group) is 1. The summed E-state index contributed by atoms with van der Waals surface area (Å²) in [6, 6.07) is 18.3. The number of hydrogen-bond acceptors (Lipinski definition) is 4. The summed E-state index contributed by atoms with van der Waals surface area (Å²) in [6.07, 6.45) is 1.70. The number of carbonyl (C=O) groups excluding carboxylic acids is 1. The van der Waals surface area contributed by atoms with Gasteiger partial charge in [0.1, 0.15) is 6.54 Å². The van der Waals surface area contributed by atoms with Gasteiger partial charge in [-0.25, -0.2) is 4.68 Å². The van der Waals surface area contributed by atoms with Crippen LogP contribution in [0.25, 0.3) is 11.3 Å². The van der Waals surface area contributed by atoms with Crippen LogP contribution in [-0.4, -0.2) is 32.1 Å². The Balaban J connectivity index is 1.78. The summed E-state index contributed by atoms with van der Waals surface area (Å²) in [7, 11) is 0. The zero-order valence-corrected chi connectivity index (χ0v) is 14.6. The highest BCUT2D eigenvalue weighted by Crippen LogP contribution is 2.14. The number of aromatic nitrogens is 3. The number of benzene rings is 1. The van der Waals surface area contributed by atoms with Crippen molar-refractivity contribution in [3.05, 3.63) is 82.9 Å². The Morgan fingerprint density at radius 2 is 1.81 bits per heavy atom. The van der Waals surface area contributed by atoms with Gasteiger partial charge in [-0.15, -0.1) is 0 Å². The summed E-state index contributed by atoms with van der Waals surface area (Å²) >= 11 is 0. The van der Waals surface area contributed by atoms with Gasteiger partial charge in [0.15, 0.2) is 0 Å². The summed E-state index contributed by atoms with van der Waals surface area (Å²) in [5, 5.41) is 4.35. The number of rotatable bonds is 6. The molecule has 0 radical (unpaired) electrons. The van der Waals surface area contributed by atoms with E-state index in [0.717, 1.165) is 11.3 Å². The van der Waals surface area contributed by atoms with E-state index in [1.165, 1.54) is 10.7 Å². The minimum atomic E-state index is -0.299. The first kappa shape index (κ1) is 17.5. The van der Waals surface area contributed by atoms with Gasteiger partial charge in [-0.05, 0) is 25.1 Å². The molecule has 6 nitrogen and oxygen atoms in total. The molecular weight excluding hydrogens is 328 g/mol. The van der Waals surface area contributed by atoms with Crippen LogP contribution in [0.2, 0.25) is 0 Å². The van der Waals surface area contributed by atoms with Crippen LogP contribution in [0.3, 0.4) is 0 Å². The third-order valence-corrected chi connectivity index (χ3v) is 4.03. The van der Waals surface area contributed by atoms with Gasteiger partial charge >= 0.3 is 0 Å². The Hall–Kier alpha value is -3.28. The van der Waals surface area contributed by atoms with E-state index in [0.29, 0.717) is 18.8 Å². The Morgan fingerprint density at radius 3 is 2.50 bits per heavy atom. The van der Waals surface area contributed by atoms with Crippen LogP contribution in [-0.2, 0) is 17.9 Å². The highest BCUT2D eigenvalue weighted by Gasteiger charge is 2.15.